The van der Waals surface area contributed by atoms with E-state index in [1.807, 2.05) is 45.8 Å². The van der Waals surface area contributed by atoms with Crippen molar-refractivity contribution < 1.29 is 13.9 Å². The van der Waals surface area contributed by atoms with Crippen molar-refractivity contribution in [3.05, 3.63) is 95.7 Å². The Balaban J connectivity index is 1.26. The van der Waals surface area contributed by atoms with Crippen LogP contribution in [-0.4, -0.2) is 38.5 Å². The summed E-state index contributed by atoms with van der Waals surface area (Å²) in [7, 11) is 0. The number of hydrogen-bond acceptors (Lipinski definition) is 4. The zero-order valence-corrected chi connectivity index (χ0v) is 17.5. The first kappa shape index (κ1) is 20.2. The summed E-state index contributed by atoms with van der Waals surface area (Å²) in [6.45, 7) is 1.57. The highest BCUT2D eigenvalue weighted by Gasteiger charge is 2.28. The fourth-order valence-corrected chi connectivity index (χ4v) is 4.16. The van der Waals surface area contributed by atoms with Crippen LogP contribution in [0.25, 0.3) is 5.65 Å². The predicted octanol–water partition coefficient (Wildman–Crippen LogP) is 4.47. The third-order valence-corrected chi connectivity index (χ3v) is 5.91. The number of ether oxygens (including phenoxy) is 1. The predicted molar refractivity (Wildman–Crippen MR) is 118 cm³/mol. The van der Waals surface area contributed by atoms with Gasteiger partial charge in [0.25, 0.3) is 5.91 Å². The molecule has 2 aromatic heterocycles. The highest BCUT2D eigenvalue weighted by atomic mass is 19.1. The van der Waals surface area contributed by atoms with Gasteiger partial charge >= 0.3 is 0 Å². The summed E-state index contributed by atoms with van der Waals surface area (Å²) >= 11 is 0. The van der Waals surface area contributed by atoms with Gasteiger partial charge in [-0.2, -0.15) is 0 Å². The fourth-order valence-electron chi connectivity index (χ4n) is 4.16. The van der Waals surface area contributed by atoms with E-state index in [9.17, 15) is 9.18 Å². The van der Waals surface area contributed by atoms with Gasteiger partial charge in [-0.1, -0.05) is 30.3 Å². The molecule has 1 fully saturated rings. The maximum Gasteiger partial charge on any atom is 0.257 e. The standard InChI is InChI=1S/C25H23FN4O2/c26-20-10-8-18(9-11-20)17-32-22-6-2-1-5-21(22)25(31)29-15-12-19(13-16-29)24-28-27-23-7-3-4-14-30(23)24/h1-11,14,19H,12-13,15-17H2. The molecule has 1 amide bonds. The Kier molecular flexibility index (Phi) is 5.54. The number of para-hydroxylation sites is 1. The van der Waals surface area contributed by atoms with E-state index in [1.54, 1.807) is 24.3 Å². The molecule has 3 heterocycles. The summed E-state index contributed by atoms with van der Waals surface area (Å²) in [6, 6.07) is 19.3. The van der Waals surface area contributed by atoms with Crippen LogP contribution in [0.2, 0.25) is 0 Å². The molecule has 0 atom stereocenters. The lowest BCUT2D eigenvalue weighted by molar-refractivity contribution is 0.0706. The normalized spacial score (nSPS) is 14.6. The second kappa shape index (κ2) is 8.78. The Hall–Kier alpha value is -3.74. The van der Waals surface area contributed by atoms with Gasteiger partial charge in [0.05, 0.1) is 5.56 Å². The van der Waals surface area contributed by atoms with Crippen LogP contribution in [-0.2, 0) is 6.61 Å². The number of rotatable bonds is 5. The Labute approximate surface area is 185 Å². The van der Waals surface area contributed by atoms with Crippen LogP contribution in [0.3, 0.4) is 0 Å². The average molecular weight is 430 g/mol. The Morgan fingerprint density at radius 2 is 1.72 bits per heavy atom. The molecule has 1 aliphatic heterocycles. The van der Waals surface area contributed by atoms with Gasteiger partial charge in [0, 0.05) is 25.2 Å². The first-order valence-corrected chi connectivity index (χ1v) is 10.7. The molecule has 1 saturated heterocycles. The Bertz CT molecular complexity index is 1230. The van der Waals surface area contributed by atoms with Crippen LogP contribution < -0.4 is 4.74 Å². The molecule has 0 bridgehead atoms. The van der Waals surface area contributed by atoms with Gasteiger partial charge < -0.3 is 9.64 Å². The van der Waals surface area contributed by atoms with Gasteiger partial charge in [-0.25, -0.2) is 4.39 Å². The van der Waals surface area contributed by atoms with Gasteiger partial charge in [0.2, 0.25) is 0 Å². The largest absolute Gasteiger partial charge is 0.488 e. The quantitative estimate of drug-likeness (QED) is 0.469. The molecule has 0 unspecified atom stereocenters. The van der Waals surface area contributed by atoms with Crippen molar-refractivity contribution in [2.24, 2.45) is 0 Å². The molecule has 32 heavy (non-hydrogen) atoms. The maximum absolute atomic E-state index is 13.2. The Morgan fingerprint density at radius 1 is 0.969 bits per heavy atom. The third kappa shape index (κ3) is 4.06. The fraction of sp³-hybridized carbons (Fsp3) is 0.240. The number of carbonyl (C=O) groups excluding carboxylic acids is 1. The van der Waals surface area contributed by atoms with Crippen LogP contribution >= 0.6 is 0 Å². The van der Waals surface area contributed by atoms with Crippen molar-refractivity contribution in [2.45, 2.75) is 25.4 Å². The van der Waals surface area contributed by atoms with E-state index in [2.05, 4.69) is 10.2 Å². The van der Waals surface area contributed by atoms with Gasteiger partial charge in [0.15, 0.2) is 5.65 Å². The summed E-state index contributed by atoms with van der Waals surface area (Å²) in [5.41, 5.74) is 2.23. The van der Waals surface area contributed by atoms with Crippen molar-refractivity contribution in [1.82, 2.24) is 19.5 Å². The number of nitrogens with zero attached hydrogens (tertiary/aromatic N) is 4. The smallest absolute Gasteiger partial charge is 0.257 e. The SMILES string of the molecule is O=C(c1ccccc1OCc1ccc(F)cc1)N1CCC(c2nnc3ccccn23)CC1. The lowest BCUT2D eigenvalue weighted by atomic mass is 9.95. The van der Waals surface area contributed by atoms with E-state index in [4.69, 9.17) is 4.74 Å². The molecular weight excluding hydrogens is 407 g/mol. The summed E-state index contributed by atoms with van der Waals surface area (Å²) in [6.07, 6.45) is 3.65. The number of pyridine rings is 1. The van der Waals surface area contributed by atoms with Crippen LogP contribution in [0, 0.1) is 5.82 Å². The molecule has 0 spiro atoms. The van der Waals surface area contributed by atoms with E-state index in [0.717, 1.165) is 29.9 Å². The highest BCUT2D eigenvalue weighted by Crippen LogP contribution is 2.29. The van der Waals surface area contributed by atoms with Crippen molar-refractivity contribution in [3.8, 4) is 5.75 Å². The summed E-state index contributed by atoms with van der Waals surface area (Å²) in [5, 5.41) is 8.64. The van der Waals surface area contributed by atoms with E-state index < -0.39 is 0 Å². The van der Waals surface area contributed by atoms with Crippen molar-refractivity contribution >= 4 is 11.6 Å². The van der Waals surface area contributed by atoms with Crippen LogP contribution in [0.5, 0.6) is 5.75 Å². The number of likely N-dealkylation sites (tertiary alicyclic amines) is 1. The summed E-state index contributed by atoms with van der Waals surface area (Å²) in [5.74, 6) is 1.43. The minimum absolute atomic E-state index is 0.0377. The van der Waals surface area contributed by atoms with Crippen LogP contribution in [0.4, 0.5) is 4.39 Å². The molecule has 0 N–H and O–H groups in total. The topological polar surface area (TPSA) is 59.7 Å². The zero-order chi connectivity index (χ0) is 21.9. The van der Waals surface area contributed by atoms with Gasteiger partial charge in [-0.05, 0) is 54.8 Å². The molecule has 162 valence electrons. The number of benzene rings is 2. The Morgan fingerprint density at radius 3 is 2.53 bits per heavy atom. The van der Waals surface area contributed by atoms with Crippen molar-refractivity contribution in [1.29, 1.82) is 0 Å². The number of piperidine rings is 1. The van der Waals surface area contributed by atoms with Crippen molar-refractivity contribution in [3.63, 3.8) is 0 Å². The number of aromatic nitrogens is 3. The first-order chi connectivity index (χ1) is 15.7. The van der Waals surface area contributed by atoms with Crippen molar-refractivity contribution in [2.75, 3.05) is 13.1 Å². The molecule has 5 rings (SSSR count). The molecular formula is C25H23FN4O2. The summed E-state index contributed by atoms with van der Waals surface area (Å²) in [4.78, 5) is 15.1. The van der Waals surface area contributed by atoms with E-state index in [1.165, 1.54) is 12.1 Å². The number of carbonyl (C=O) groups is 1. The second-order valence-corrected chi connectivity index (χ2v) is 7.96. The first-order valence-electron chi connectivity index (χ1n) is 10.7. The molecule has 6 nitrogen and oxygen atoms in total. The summed E-state index contributed by atoms with van der Waals surface area (Å²) < 4.78 is 21.1. The molecule has 1 aliphatic rings. The minimum Gasteiger partial charge on any atom is -0.488 e. The third-order valence-electron chi connectivity index (χ3n) is 5.91. The van der Waals surface area contributed by atoms with Gasteiger partial charge in [-0.15, -0.1) is 10.2 Å². The number of hydrogen-bond donors (Lipinski definition) is 0. The molecule has 0 aliphatic carbocycles. The molecule has 0 saturated carbocycles. The lowest BCUT2D eigenvalue weighted by Crippen LogP contribution is -2.38. The van der Waals surface area contributed by atoms with Gasteiger partial charge in [-0.3, -0.25) is 9.20 Å². The van der Waals surface area contributed by atoms with Crippen LogP contribution in [0.15, 0.2) is 72.9 Å². The molecule has 4 aromatic rings. The van der Waals surface area contributed by atoms with Gasteiger partial charge in [0.1, 0.15) is 24.0 Å². The van der Waals surface area contributed by atoms with E-state index >= 15 is 0 Å². The molecule has 0 radical (unpaired) electrons. The van der Waals surface area contributed by atoms with E-state index in [0.29, 0.717) is 24.4 Å². The minimum atomic E-state index is -0.285. The monoisotopic (exact) mass is 430 g/mol. The van der Waals surface area contributed by atoms with Crippen LogP contribution in [0.1, 0.15) is 40.5 Å². The number of halogens is 1. The number of fused-ring (bicyclic) bond motifs is 1. The zero-order valence-electron chi connectivity index (χ0n) is 17.5. The molecule has 7 heteroatoms. The van der Waals surface area contributed by atoms with E-state index in [-0.39, 0.29) is 24.2 Å². The highest BCUT2D eigenvalue weighted by molar-refractivity contribution is 5.97. The average Bonchev–Trinajstić information content (AvgIpc) is 3.28. The number of amides is 1. The second-order valence-electron chi connectivity index (χ2n) is 7.96. The molecule has 2 aromatic carbocycles. The maximum atomic E-state index is 13.2. The lowest BCUT2D eigenvalue weighted by Gasteiger charge is -2.31.